The monoisotopic (exact) mass is 302 g/mol. The molecule has 0 atom stereocenters. The number of hydrogen-bond donors (Lipinski definition) is 1. The number of rotatable bonds is 1. The van der Waals surface area contributed by atoms with Crippen molar-refractivity contribution in [2.24, 2.45) is 0 Å². The van der Waals surface area contributed by atoms with E-state index in [-0.39, 0.29) is 5.39 Å². The highest BCUT2D eigenvalue weighted by atomic mass is 79.9. The van der Waals surface area contributed by atoms with E-state index >= 15 is 0 Å². The molecule has 16 heavy (non-hydrogen) atoms. The van der Waals surface area contributed by atoms with Crippen molar-refractivity contribution in [1.29, 1.82) is 0 Å². The summed E-state index contributed by atoms with van der Waals surface area (Å²) in [5, 5.41) is 20.9. The zero-order chi connectivity index (χ0) is 11.9. The van der Waals surface area contributed by atoms with Gasteiger partial charge in [0.1, 0.15) is 6.20 Å². The van der Waals surface area contributed by atoms with Gasteiger partial charge < -0.3 is 5.11 Å². The molecule has 82 valence electrons. The maximum atomic E-state index is 10.6. The van der Waals surface area contributed by atoms with Crippen molar-refractivity contribution in [1.82, 2.24) is 4.98 Å². The molecule has 0 unspecified atom stereocenters. The first-order valence-corrected chi connectivity index (χ1v) is 5.29. The number of hydrogen-bond acceptors (Lipinski definition) is 4. The Balaban J connectivity index is 2.84. The number of benzene rings is 1. The molecule has 1 heterocycles. The van der Waals surface area contributed by atoms with Crippen LogP contribution in [0, 0.1) is 10.1 Å². The molecule has 0 fully saturated rings. The van der Waals surface area contributed by atoms with E-state index < -0.39 is 16.4 Å². The number of aromatic nitrogens is 1. The minimum absolute atomic E-state index is 0.252. The van der Waals surface area contributed by atoms with Gasteiger partial charge in [0.15, 0.2) is 0 Å². The summed E-state index contributed by atoms with van der Waals surface area (Å²) in [5.74, 6) is -0.426. The van der Waals surface area contributed by atoms with Crippen molar-refractivity contribution in [2.75, 3.05) is 0 Å². The third-order valence-corrected chi connectivity index (χ3v) is 3.26. The van der Waals surface area contributed by atoms with Crippen molar-refractivity contribution in [2.45, 2.75) is 0 Å². The van der Waals surface area contributed by atoms with Gasteiger partial charge in [0.05, 0.1) is 20.8 Å². The van der Waals surface area contributed by atoms with E-state index in [2.05, 4.69) is 20.9 Å². The second kappa shape index (κ2) is 3.88. The molecule has 1 N–H and O–H groups in total. The number of halogens is 2. The summed E-state index contributed by atoms with van der Waals surface area (Å²) in [6.45, 7) is 0. The standard InChI is InChI=1S/C9H4BrClN2O3/c10-5-2-7-4(1-6(5)11)9(14)8(3-12-7)13(15)16/h1-3H,(H,12,14). The Morgan fingerprint density at radius 3 is 2.81 bits per heavy atom. The molecule has 0 bridgehead atoms. The molecular formula is C9H4BrClN2O3. The van der Waals surface area contributed by atoms with Crippen LogP contribution in [0.2, 0.25) is 5.02 Å². The smallest absolute Gasteiger partial charge is 0.329 e. The Morgan fingerprint density at radius 1 is 1.50 bits per heavy atom. The summed E-state index contributed by atoms with van der Waals surface area (Å²) in [7, 11) is 0. The lowest BCUT2D eigenvalue weighted by Gasteiger charge is -2.03. The van der Waals surface area contributed by atoms with Gasteiger partial charge in [-0.05, 0) is 28.1 Å². The van der Waals surface area contributed by atoms with Crippen LogP contribution in [0.4, 0.5) is 5.69 Å². The maximum absolute atomic E-state index is 10.6. The van der Waals surface area contributed by atoms with Crippen molar-refractivity contribution in [3.63, 3.8) is 0 Å². The van der Waals surface area contributed by atoms with Gasteiger partial charge in [0.25, 0.3) is 0 Å². The molecule has 1 aromatic carbocycles. The predicted octanol–water partition coefficient (Wildman–Crippen LogP) is 3.26. The molecule has 2 aromatic rings. The fraction of sp³-hybridized carbons (Fsp3) is 0. The third-order valence-electron chi connectivity index (χ3n) is 2.06. The van der Waals surface area contributed by atoms with Crippen molar-refractivity contribution in [3.05, 3.63) is 37.9 Å². The molecule has 5 nitrogen and oxygen atoms in total. The van der Waals surface area contributed by atoms with Gasteiger partial charge in [0, 0.05) is 4.47 Å². The first-order chi connectivity index (χ1) is 7.50. The molecule has 0 saturated heterocycles. The molecular weight excluding hydrogens is 299 g/mol. The molecule has 1 aromatic heterocycles. The summed E-state index contributed by atoms with van der Waals surface area (Å²) in [6, 6.07) is 3.01. The molecule has 0 aliphatic carbocycles. The predicted molar refractivity (Wildman–Crippen MR) is 62.8 cm³/mol. The summed E-state index contributed by atoms with van der Waals surface area (Å²) < 4.78 is 0.613. The normalized spacial score (nSPS) is 10.6. The lowest BCUT2D eigenvalue weighted by molar-refractivity contribution is -0.386. The van der Waals surface area contributed by atoms with Crippen LogP contribution >= 0.6 is 27.5 Å². The third kappa shape index (κ3) is 1.70. The fourth-order valence-corrected chi connectivity index (χ4v) is 1.79. The number of nitro groups is 1. The average molecular weight is 303 g/mol. The van der Waals surface area contributed by atoms with Crippen LogP contribution in [0.3, 0.4) is 0 Å². The van der Waals surface area contributed by atoms with Crippen LogP contribution in [0.5, 0.6) is 5.75 Å². The van der Waals surface area contributed by atoms with Crippen LogP contribution in [0.25, 0.3) is 10.9 Å². The molecule has 7 heteroatoms. The van der Waals surface area contributed by atoms with Crippen LogP contribution in [0.1, 0.15) is 0 Å². The Hall–Kier alpha value is -1.40. The lowest BCUT2D eigenvalue weighted by atomic mass is 10.2. The van der Waals surface area contributed by atoms with Gasteiger partial charge in [-0.1, -0.05) is 11.6 Å². The summed E-state index contributed by atoms with van der Waals surface area (Å²) in [6.07, 6.45) is 1.01. The highest BCUT2D eigenvalue weighted by Gasteiger charge is 2.17. The Bertz CT molecular complexity index is 603. The quantitative estimate of drug-likeness (QED) is 0.648. The van der Waals surface area contributed by atoms with Crippen LogP contribution in [-0.4, -0.2) is 15.0 Å². The van der Waals surface area contributed by atoms with Gasteiger partial charge in [-0.25, -0.2) is 4.98 Å². The van der Waals surface area contributed by atoms with Crippen molar-refractivity contribution >= 4 is 44.1 Å². The van der Waals surface area contributed by atoms with Crippen LogP contribution < -0.4 is 0 Å². The van der Waals surface area contributed by atoms with E-state index in [1.54, 1.807) is 6.07 Å². The van der Waals surface area contributed by atoms with E-state index in [1.165, 1.54) is 6.07 Å². The average Bonchev–Trinajstić information content (AvgIpc) is 2.21. The number of aromatic hydroxyl groups is 1. The van der Waals surface area contributed by atoms with Gasteiger partial charge >= 0.3 is 5.69 Å². The van der Waals surface area contributed by atoms with Gasteiger partial charge in [-0.15, -0.1) is 0 Å². The Kier molecular flexibility index (Phi) is 2.69. The topological polar surface area (TPSA) is 76.3 Å². The first-order valence-electron chi connectivity index (χ1n) is 4.12. The minimum Gasteiger partial charge on any atom is -0.502 e. The Morgan fingerprint density at radius 2 is 2.19 bits per heavy atom. The van der Waals surface area contributed by atoms with E-state index in [9.17, 15) is 15.2 Å². The zero-order valence-corrected chi connectivity index (χ0v) is 9.99. The highest BCUT2D eigenvalue weighted by molar-refractivity contribution is 9.10. The van der Waals surface area contributed by atoms with Crippen LogP contribution in [-0.2, 0) is 0 Å². The second-order valence-electron chi connectivity index (χ2n) is 3.03. The van der Waals surface area contributed by atoms with Gasteiger partial charge in [0.2, 0.25) is 5.75 Å². The van der Waals surface area contributed by atoms with E-state index in [1.807, 2.05) is 0 Å². The molecule has 0 aliphatic rings. The largest absolute Gasteiger partial charge is 0.502 e. The maximum Gasteiger partial charge on any atom is 0.329 e. The van der Waals surface area contributed by atoms with E-state index in [0.29, 0.717) is 15.0 Å². The van der Waals surface area contributed by atoms with Crippen molar-refractivity contribution < 1.29 is 10.0 Å². The van der Waals surface area contributed by atoms with Gasteiger partial charge in [-0.3, -0.25) is 10.1 Å². The molecule has 0 aliphatic heterocycles. The molecule has 0 spiro atoms. The number of nitrogens with zero attached hydrogens (tertiary/aromatic N) is 2. The first kappa shape index (κ1) is 11.1. The summed E-state index contributed by atoms with van der Waals surface area (Å²) in [5.41, 5.74) is -0.00901. The number of pyridine rings is 1. The summed E-state index contributed by atoms with van der Waals surface area (Å²) >= 11 is 9.04. The second-order valence-corrected chi connectivity index (χ2v) is 4.29. The minimum atomic E-state index is -0.697. The number of fused-ring (bicyclic) bond motifs is 1. The molecule has 2 rings (SSSR count). The highest BCUT2D eigenvalue weighted by Crippen LogP contribution is 2.36. The molecule has 0 radical (unpaired) electrons. The lowest BCUT2D eigenvalue weighted by Crippen LogP contribution is -1.91. The van der Waals surface area contributed by atoms with Crippen molar-refractivity contribution in [3.8, 4) is 5.75 Å². The van der Waals surface area contributed by atoms with Gasteiger partial charge in [-0.2, -0.15) is 0 Å². The fourth-order valence-electron chi connectivity index (χ4n) is 1.30. The van der Waals surface area contributed by atoms with Crippen LogP contribution in [0.15, 0.2) is 22.8 Å². The molecule has 0 saturated carbocycles. The van der Waals surface area contributed by atoms with E-state index in [4.69, 9.17) is 11.6 Å². The molecule has 0 amide bonds. The summed E-state index contributed by atoms with van der Waals surface area (Å²) in [4.78, 5) is 13.8. The Labute approximate surface area is 103 Å². The zero-order valence-electron chi connectivity index (χ0n) is 7.65. The van der Waals surface area contributed by atoms with E-state index in [0.717, 1.165) is 6.20 Å². The SMILES string of the molecule is O=[N+]([O-])c1cnc2cc(Br)c(Cl)cc2c1O.